The maximum Gasteiger partial charge on any atom is 0.397 e. The number of hydrogen-bond donors (Lipinski definition) is 2. The van der Waals surface area contributed by atoms with Crippen molar-refractivity contribution in [2.75, 3.05) is 13.1 Å². The molecule has 2 fully saturated rings. The average molecular weight is 208 g/mol. The van der Waals surface area contributed by atoms with E-state index in [1.807, 2.05) is 0 Å². The van der Waals surface area contributed by atoms with Gasteiger partial charge in [0.1, 0.15) is 6.42 Å². The first-order chi connectivity index (χ1) is 6.47. The van der Waals surface area contributed by atoms with Crippen LogP contribution in [-0.2, 0) is 4.79 Å². The molecule has 0 aromatic carbocycles. The van der Waals surface area contributed by atoms with Gasteiger partial charge in [-0.3, -0.25) is 4.79 Å². The van der Waals surface area contributed by atoms with E-state index >= 15 is 0 Å². The largest absolute Gasteiger partial charge is 0.397 e. The van der Waals surface area contributed by atoms with Gasteiger partial charge in [0.05, 0.1) is 0 Å². The second-order valence-corrected chi connectivity index (χ2v) is 3.87. The molecule has 1 amide bonds. The van der Waals surface area contributed by atoms with Crippen molar-refractivity contribution in [2.45, 2.75) is 18.6 Å². The Hall–Kier alpha value is -0.780. The molecule has 6 heteroatoms. The minimum atomic E-state index is -4.40. The van der Waals surface area contributed by atoms with Crippen LogP contribution in [0.15, 0.2) is 0 Å². The van der Waals surface area contributed by atoms with Crippen LogP contribution in [0.3, 0.4) is 0 Å². The number of amides is 1. The summed E-state index contributed by atoms with van der Waals surface area (Å²) in [6.07, 6.45) is -5.76. The van der Waals surface area contributed by atoms with E-state index in [9.17, 15) is 18.0 Å². The summed E-state index contributed by atoms with van der Waals surface area (Å²) in [5.41, 5.74) is 0. The van der Waals surface area contributed by atoms with Gasteiger partial charge in [0.15, 0.2) is 0 Å². The molecule has 2 N–H and O–H groups in total. The van der Waals surface area contributed by atoms with Crippen molar-refractivity contribution in [3.63, 3.8) is 0 Å². The van der Waals surface area contributed by atoms with Gasteiger partial charge in [0.2, 0.25) is 5.91 Å². The topological polar surface area (TPSA) is 41.1 Å². The molecule has 14 heavy (non-hydrogen) atoms. The number of hydrogen-bond acceptors (Lipinski definition) is 2. The van der Waals surface area contributed by atoms with Crippen molar-refractivity contribution in [1.82, 2.24) is 10.6 Å². The third-order valence-corrected chi connectivity index (χ3v) is 2.78. The van der Waals surface area contributed by atoms with E-state index in [1.54, 1.807) is 0 Å². The Morgan fingerprint density at radius 2 is 1.93 bits per heavy atom. The van der Waals surface area contributed by atoms with E-state index in [-0.39, 0.29) is 6.04 Å². The number of nitrogens with one attached hydrogen (secondary N) is 2. The molecule has 0 radical (unpaired) electrons. The number of carbonyl (C=O) groups is 1. The lowest BCUT2D eigenvalue weighted by Gasteiger charge is -2.09. The molecule has 80 valence electrons. The van der Waals surface area contributed by atoms with E-state index in [1.165, 1.54) is 0 Å². The summed E-state index contributed by atoms with van der Waals surface area (Å²) in [6, 6.07) is -0.0221. The molecule has 0 aromatic rings. The zero-order valence-electron chi connectivity index (χ0n) is 7.40. The van der Waals surface area contributed by atoms with E-state index in [0.717, 1.165) is 13.1 Å². The number of halogens is 3. The van der Waals surface area contributed by atoms with Crippen LogP contribution in [0.25, 0.3) is 0 Å². The van der Waals surface area contributed by atoms with Crippen LogP contribution in [0.1, 0.15) is 6.42 Å². The van der Waals surface area contributed by atoms with E-state index < -0.39 is 18.5 Å². The van der Waals surface area contributed by atoms with Crippen LogP contribution >= 0.6 is 0 Å². The summed E-state index contributed by atoms with van der Waals surface area (Å²) in [4.78, 5) is 10.9. The van der Waals surface area contributed by atoms with Gasteiger partial charge in [-0.15, -0.1) is 0 Å². The van der Waals surface area contributed by atoms with E-state index in [2.05, 4.69) is 10.6 Å². The predicted octanol–water partition coefficient (Wildman–Crippen LogP) is 0.273. The Morgan fingerprint density at radius 1 is 1.36 bits per heavy atom. The van der Waals surface area contributed by atoms with E-state index in [4.69, 9.17) is 0 Å². The van der Waals surface area contributed by atoms with Crippen molar-refractivity contribution < 1.29 is 18.0 Å². The second kappa shape index (κ2) is 3.12. The quantitative estimate of drug-likeness (QED) is 0.684. The number of alkyl halides is 3. The van der Waals surface area contributed by atoms with E-state index in [0.29, 0.717) is 11.8 Å². The van der Waals surface area contributed by atoms with Crippen LogP contribution < -0.4 is 10.6 Å². The maximum atomic E-state index is 11.8. The minimum Gasteiger partial charge on any atom is -0.352 e. The molecular weight excluding hydrogens is 197 g/mol. The highest BCUT2D eigenvalue weighted by Crippen LogP contribution is 2.41. The van der Waals surface area contributed by atoms with Gasteiger partial charge in [-0.1, -0.05) is 0 Å². The van der Waals surface area contributed by atoms with Crippen molar-refractivity contribution in [1.29, 1.82) is 0 Å². The third-order valence-electron chi connectivity index (χ3n) is 2.78. The molecule has 0 aromatic heterocycles. The molecule has 1 aliphatic carbocycles. The lowest BCUT2D eigenvalue weighted by molar-refractivity contribution is -0.153. The summed E-state index contributed by atoms with van der Waals surface area (Å²) < 4.78 is 35.4. The summed E-state index contributed by atoms with van der Waals surface area (Å²) >= 11 is 0. The number of carbonyl (C=O) groups excluding carboxylic acids is 1. The molecule has 1 unspecified atom stereocenters. The van der Waals surface area contributed by atoms with Gasteiger partial charge in [-0.2, -0.15) is 13.2 Å². The highest BCUT2D eigenvalue weighted by Gasteiger charge is 2.53. The Bertz CT molecular complexity index is 243. The zero-order valence-corrected chi connectivity index (χ0v) is 7.40. The molecule has 1 saturated carbocycles. The first-order valence-electron chi connectivity index (χ1n) is 4.54. The third kappa shape index (κ3) is 2.00. The summed E-state index contributed by atoms with van der Waals surface area (Å²) in [7, 11) is 0. The van der Waals surface area contributed by atoms with Gasteiger partial charge in [-0.05, 0) is 11.8 Å². The zero-order chi connectivity index (χ0) is 10.3. The summed E-state index contributed by atoms with van der Waals surface area (Å²) in [5.74, 6) is -0.198. The number of rotatable bonds is 2. The molecule has 3 atom stereocenters. The normalized spacial score (nSPS) is 35.2. The summed E-state index contributed by atoms with van der Waals surface area (Å²) in [5, 5.41) is 5.51. The fourth-order valence-corrected chi connectivity index (χ4v) is 2.05. The van der Waals surface area contributed by atoms with Gasteiger partial charge in [0.25, 0.3) is 0 Å². The van der Waals surface area contributed by atoms with Crippen LogP contribution in [0, 0.1) is 11.8 Å². The lowest BCUT2D eigenvalue weighted by atomic mass is 10.3. The summed E-state index contributed by atoms with van der Waals surface area (Å²) in [6.45, 7) is 1.61. The Balaban J connectivity index is 1.74. The maximum absolute atomic E-state index is 11.8. The molecule has 1 saturated heterocycles. The molecule has 1 aliphatic heterocycles. The fraction of sp³-hybridized carbons (Fsp3) is 0.875. The van der Waals surface area contributed by atoms with Gasteiger partial charge < -0.3 is 10.6 Å². The average Bonchev–Trinajstić information content (AvgIpc) is 2.50. The molecule has 3 nitrogen and oxygen atoms in total. The van der Waals surface area contributed by atoms with Gasteiger partial charge >= 0.3 is 6.18 Å². The van der Waals surface area contributed by atoms with Gasteiger partial charge in [-0.25, -0.2) is 0 Å². The number of piperidine rings is 1. The van der Waals surface area contributed by atoms with Crippen molar-refractivity contribution in [3.8, 4) is 0 Å². The van der Waals surface area contributed by atoms with Gasteiger partial charge in [0, 0.05) is 19.1 Å². The van der Waals surface area contributed by atoms with Crippen LogP contribution in [0.5, 0.6) is 0 Å². The molecule has 0 bridgehead atoms. The monoisotopic (exact) mass is 208 g/mol. The highest BCUT2D eigenvalue weighted by atomic mass is 19.4. The molecule has 1 heterocycles. The predicted molar refractivity (Wildman–Crippen MR) is 42.5 cm³/mol. The van der Waals surface area contributed by atoms with Crippen molar-refractivity contribution in [2.24, 2.45) is 11.8 Å². The van der Waals surface area contributed by atoms with Crippen molar-refractivity contribution >= 4 is 5.91 Å². The fourth-order valence-electron chi connectivity index (χ4n) is 2.05. The standard InChI is InChI=1S/C8H11F3N2O/c9-8(10,11)1-6(14)13-7-4-2-12-3-5(4)7/h4-5,7,12H,1-3H2,(H,13,14)/t4-,5+,7?. The van der Waals surface area contributed by atoms with Crippen LogP contribution in [0.4, 0.5) is 13.2 Å². The SMILES string of the molecule is O=C(CC(F)(F)F)NC1[C@H]2CNC[C@@H]12. The lowest BCUT2D eigenvalue weighted by Crippen LogP contribution is -2.34. The first kappa shape index (κ1) is 9.76. The van der Waals surface area contributed by atoms with Crippen molar-refractivity contribution in [3.05, 3.63) is 0 Å². The van der Waals surface area contributed by atoms with Crippen LogP contribution in [-0.4, -0.2) is 31.2 Å². The minimum absolute atomic E-state index is 0.0221. The first-order valence-corrected chi connectivity index (χ1v) is 4.54. The molecule has 2 aliphatic rings. The Kier molecular flexibility index (Phi) is 2.17. The highest BCUT2D eigenvalue weighted by molar-refractivity contribution is 5.77. The second-order valence-electron chi connectivity index (χ2n) is 3.87. The smallest absolute Gasteiger partial charge is 0.352 e. The Labute approximate surface area is 79.0 Å². The molecule has 2 rings (SSSR count). The molecule has 0 spiro atoms. The number of fused-ring (bicyclic) bond motifs is 1. The van der Waals surface area contributed by atoms with Crippen LogP contribution in [0.2, 0.25) is 0 Å². The Morgan fingerprint density at radius 3 is 2.43 bits per heavy atom. The molecular formula is C8H11F3N2O.